The normalized spacial score (nSPS) is 9.38. The van der Waals surface area contributed by atoms with Gasteiger partial charge in [0.1, 0.15) is 5.80 Å². The predicted octanol–water partition coefficient (Wildman–Crippen LogP) is 1.87. The second-order valence-electron chi connectivity index (χ2n) is 3.67. The molecule has 0 unspecified atom stereocenters. The number of carbonyl (C=O) groups excluding carboxylic acids is 1. The van der Waals surface area contributed by atoms with Crippen molar-refractivity contribution in [3.05, 3.63) is 35.9 Å². The molecule has 0 bridgehead atoms. The molecule has 0 spiro atoms. The lowest BCUT2D eigenvalue weighted by Gasteiger charge is -2.02. The molecule has 2 N–H and O–H groups in total. The molecule has 0 aliphatic rings. The van der Waals surface area contributed by atoms with Crippen molar-refractivity contribution >= 4 is 25.0 Å². The van der Waals surface area contributed by atoms with E-state index >= 15 is 0 Å². The predicted molar refractivity (Wildman–Crippen MR) is 70.8 cm³/mol. The Labute approximate surface area is 96.8 Å². The Morgan fingerprint density at radius 3 is 2.56 bits per heavy atom. The summed E-state index contributed by atoms with van der Waals surface area (Å²) in [5, 5.41) is 10.3. The lowest BCUT2D eigenvalue weighted by Crippen LogP contribution is -2.30. The maximum Gasteiger partial charge on any atom is 0.273 e. The van der Waals surface area contributed by atoms with Gasteiger partial charge in [-0.05, 0) is 5.56 Å². The molecule has 1 aromatic carbocycles. The molecule has 0 aromatic heterocycles. The largest absolute Gasteiger partial charge is 0.347 e. The maximum atomic E-state index is 11.5. The van der Waals surface area contributed by atoms with Crippen molar-refractivity contribution < 1.29 is 4.79 Å². The fraction of sp³-hybridized carbons (Fsp3) is 0.250. The summed E-state index contributed by atoms with van der Waals surface area (Å²) in [6, 6.07) is 9.68. The van der Waals surface area contributed by atoms with Crippen molar-refractivity contribution in [1.29, 1.82) is 5.41 Å². The average molecular weight is 235 g/mol. The zero-order valence-electron chi connectivity index (χ0n) is 9.53. The van der Waals surface area contributed by atoms with Gasteiger partial charge in [-0.3, -0.25) is 10.2 Å². The third-order valence-corrected chi connectivity index (χ3v) is 2.70. The van der Waals surface area contributed by atoms with E-state index in [0.29, 0.717) is 6.54 Å². The highest BCUT2D eigenvalue weighted by molar-refractivity contribution is 7.58. The first-order chi connectivity index (χ1) is 7.59. The second-order valence-corrected chi connectivity index (χ2v) is 5.86. The van der Waals surface area contributed by atoms with Crippen LogP contribution in [-0.2, 0) is 11.3 Å². The van der Waals surface area contributed by atoms with E-state index in [1.165, 1.54) is 0 Å². The Hall–Kier alpha value is -1.47. The van der Waals surface area contributed by atoms with Crippen molar-refractivity contribution in [3.8, 4) is 0 Å². The van der Waals surface area contributed by atoms with Crippen LogP contribution in [-0.4, -0.2) is 30.7 Å². The van der Waals surface area contributed by atoms with Gasteiger partial charge in [0.15, 0.2) is 5.71 Å². The monoisotopic (exact) mass is 235 g/mol. The molecule has 0 fully saturated rings. The van der Waals surface area contributed by atoms with Gasteiger partial charge in [0, 0.05) is 6.54 Å². The average Bonchev–Trinajstić information content (AvgIpc) is 2.26. The number of nitrogens with one attached hydrogen (secondary N) is 2. The van der Waals surface area contributed by atoms with E-state index in [0.717, 1.165) is 5.56 Å². The molecule has 0 atom stereocenters. The minimum Gasteiger partial charge on any atom is -0.347 e. The van der Waals surface area contributed by atoms with Crippen LogP contribution >= 0.6 is 7.55 Å². The number of benzene rings is 1. The summed E-state index contributed by atoms with van der Waals surface area (Å²) in [6.45, 7) is 4.49. The van der Waals surface area contributed by atoms with Crippen LogP contribution in [0.3, 0.4) is 0 Å². The number of amides is 1. The van der Waals surface area contributed by atoms with Crippen LogP contribution in [0.4, 0.5) is 0 Å². The summed E-state index contributed by atoms with van der Waals surface area (Å²) in [7, 11) is -0.348. The van der Waals surface area contributed by atoms with Gasteiger partial charge in [-0.25, -0.2) is 0 Å². The van der Waals surface area contributed by atoms with Crippen molar-refractivity contribution in [2.24, 2.45) is 0 Å². The molecule has 0 heterocycles. The quantitative estimate of drug-likeness (QED) is 0.607. The van der Waals surface area contributed by atoms with E-state index in [9.17, 15) is 4.79 Å². The molecule has 84 valence electrons. The van der Waals surface area contributed by atoms with E-state index in [4.69, 9.17) is 5.41 Å². The van der Waals surface area contributed by atoms with Crippen molar-refractivity contribution in [1.82, 2.24) is 5.32 Å². The van der Waals surface area contributed by atoms with Crippen LogP contribution in [0, 0.1) is 5.41 Å². The van der Waals surface area contributed by atoms with Crippen LogP contribution in [0.5, 0.6) is 0 Å². The topological polar surface area (TPSA) is 53.0 Å². The molecular weight excluding hydrogens is 219 g/mol. The molecule has 1 amide bonds. The zero-order valence-corrected chi connectivity index (χ0v) is 10.4. The molecule has 0 saturated carbocycles. The van der Waals surface area contributed by atoms with E-state index < -0.39 is 0 Å². The van der Waals surface area contributed by atoms with Crippen LogP contribution < -0.4 is 5.32 Å². The molecule has 0 aliphatic heterocycles. The number of carbonyl (C=O) groups is 1. The Kier molecular flexibility index (Phi) is 4.87. The first-order valence-electron chi connectivity index (χ1n) is 5.01. The maximum absolute atomic E-state index is 11.5. The summed E-state index contributed by atoms with van der Waals surface area (Å²) in [5.41, 5.74) is 1.10. The van der Waals surface area contributed by atoms with Gasteiger partial charge in [0.05, 0.1) is 20.9 Å². The first kappa shape index (κ1) is 12.6. The molecular formula is C12H16N2OP+. The minimum absolute atomic E-state index is 0.0621. The number of hydrogen-bond acceptors (Lipinski definition) is 2. The molecule has 16 heavy (non-hydrogen) atoms. The van der Waals surface area contributed by atoms with E-state index in [1.54, 1.807) is 5.80 Å². The molecule has 0 aliphatic carbocycles. The summed E-state index contributed by atoms with van der Waals surface area (Å²) in [6.07, 6.45) is 0. The van der Waals surface area contributed by atoms with Crippen molar-refractivity contribution in [2.45, 2.75) is 6.54 Å². The summed E-state index contributed by atoms with van der Waals surface area (Å²) in [5.74, 6) is 1.40. The standard InChI is InChI=1S/C12H15N2OP/c1-16(2)9-11(13)12(15)14-8-10-6-4-3-5-7-10/h3-7,9,13H,8H2,1-2H3/p+1. The van der Waals surface area contributed by atoms with Crippen LogP contribution in [0.25, 0.3) is 0 Å². The van der Waals surface area contributed by atoms with Gasteiger partial charge in [0.25, 0.3) is 5.91 Å². The Bertz CT molecular complexity index is 408. The van der Waals surface area contributed by atoms with Crippen molar-refractivity contribution in [3.63, 3.8) is 0 Å². The zero-order chi connectivity index (χ0) is 12.0. The highest BCUT2D eigenvalue weighted by Crippen LogP contribution is 2.06. The van der Waals surface area contributed by atoms with Gasteiger partial charge < -0.3 is 5.32 Å². The van der Waals surface area contributed by atoms with Crippen LogP contribution in [0.1, 0.15) is 5.56 Å². The molecule has 0 radical (unpaired) electrons. The van der Waals surface area contributed by atoms with Gasteiger partial charge in [-0.1, -0.05) is 30.3 Å². The molecule has 0 saturated heterocycles. The van der Waals surface area contributed by atoms with Crippen LogP contribution in [0.2, 0.25) is 0 Å². The summed E-state index contributed by atoms with van der Waals surface area (Å²) < 4.78 is 0. The van der Waals surface area contributed by atoms with Crippen LogP contribution in [0.15, 0.2) is 30.3 Å². The first-order valence-corrected chi connectivity index (χ1v) is 7.32. The van der Waals surface area contributed by atoms with E-state index in [1.807, 2.05) is 43.7 Å². The minimum atomic E-state index is -0.348. The third kappa shape index (κ3) is 4.37. The lowest BCUT2D eigenvalue weighted by atomic mass is 10.2. The van der Waals surface area contributed by atoms with Gasteiger partial charge in [-0.2, -0.15) is 0 Å². The van der Waals surface area contributed by atoms with Gasteiger partial charge in [0.2, 0.25) is 0 Å². The van der Waals surface area contributed by atoms with Crippen molar-refractivity contribution in [2.75, 3.05) is 13.3 Å². The van der Waals surface area contributed by atoms with Gasteiger partial charge >= 0.3 is 0 Å². The highest BCUT2D eigenvalue weighted by Gasteiger charge is 2.09. The lowest BCUT2D eigenvalue weighted by molar-refractivity contribution is -0.114. The number of hydrogen-bond donors (Lipinski definition) is 2. The smallest absolute Gasteiger partial charge is 0.273 e. The highest BCUT2D eigenvalue weighted by atomic mass is 31.1. The van der Waals surface area contributed by atoms with Gasteiger partial charge in [-0.15, -0.1) is 0 Å². The fourth-order valence-corrected chi connectivity index (χ4v) is 1.82. The Balaban J connectivity index is 2.48. The summed E-state index contributed by atoms with van der Waals surface area (Å²) >= 11 is 0. The Morgan fingerprint density at radius 2 is 2.00 bits per heavy atom. The summed E-state index contributed by atoms with van der Waals surface area (Å²) in [4.78, 5) is 11.5. The molecule has 1 rings (SSSR count). The molecule has 4 heteroatoms. The SMILES string of the molecule is C[P+](C)=CC(=N)C(=O)NCc1ccccc1. The Morgan fingerprint density at radius 1 is 1.38 bits per heavy atom. The molecule has 1 aromatic rings. The van der Waals surface area contributed by atoms with E-state index in [-0.39, 0.29) is 19.2 Å². The second kappa shape index (κ2) is 6.19. The number of rotatable bonds is 4. The third-order valence-electron chi connectivity index (χ3n) is 1.93. The fourth-order valence-electron chi connectivity index (χ4n) is 1.19. The van der Waals surface area contributed by atoms with E-state index in [2.05, 4.69) is 5.32 Å². The molecule has 3 nitrogen and oxygen atoms in total.